The second kappa shape index (κ2) is 8.48. The lowest BCUT2D eigenvalue weighted by Gasteiger charge is -2.11. The number of alkyl halides is 3. The zero-order chi connectivity index (χ0) is 21.1. The minimum absolute atomic E-state index is 0.372. The van der Waals surface area contributed by atoms with Crippen LogP contribution in [-0.2, 0) is 23.9 Å². The van der Waals surface area contributed by atoms with Gasteiger partial charge >= 0.3 is 6.18 Å². The topological polar surface area (TPSA) is 27.1 Å². The molecule has 0 radical (unpaired) electrons. The average molecular weight is 412 g/mol. The van der Waals surface area contributed by atoms with Crippen molar-refractivity contribution in [2.24, 2.45) is 0 Å². The van der Waals surface area contributed by atoms with Crippen LogP contribution in [0.2, 0.25) is 0 Å². The fourth-order valence-corrected chi connectivity index (χ4v) is 3.83. The normalized spacial score (nSPS) is 12.1. The number of aromatic nitrogens is 2. The predicted molar refractivity (Wildman–Crippen MR) is 113 cm³/mol. The summed E-state index contributed by atoms with van der Waals surface area (Å²) in [4.78, 5) is 4.61. The Morgan fingerprint density at radius 2 is 1.80 bits per heavy atom. The standard InChI is InChI=1S/C24H23F3N2O/c1-2-30-14-6-13-29-22-12-11-19(24(25,26)27)16-21(22)28-23(29)15-18-9-5-8-17-7-3-4-10-20(17)18/h3-5,7-12,16H,2,6,13-15H2,1H3. The van der Waals surface area contributed by atoms with Gasteiger partial charge in [0.25, 0.3) is 0 Å². The molecular formula is C24H23F3N2O. The number of imidazole rings is 1. The lowest BCUT2D eigenvalue weighted by Crippen LogP contribution is -2.08. The van der Waals surface area contributed by atoms with E-state index >= 15 is 0 Å². The summed E-state index contributed by atoms with van der Waals surface area (Å²) in [5.74, 6) is 0.761. The smallest absolute Gasteiger partial charge is 0.382 e. The Morgan fingerprint density at radius 1 is 1.00 bits per heavy atom. The third-order valence-electron chi connectivity index (χ3n) is 5.26. The van der Waals surface area contributed by atoms with Gasteiger partial charge in [-0.05, 0) is 47.9 Å². The lowest BCUT2D eigenvalue weighted by atomic mass is 10.0. The number of rotatable bonds is 7. The first-order valence-corrected chi connectivity index (χ1v) is 10.1. The highest BCUT2D eigenvalue weighted by atomic mass is 19.4. The molecule has 156 valence electrons. The van der Waals surface area contributed by atoms with Gasteiger partial charge in [-0.3, -0.25) is 0 Å². The maximum Gasteiger partial charge on any atom is 0.416 e. The molecule has 0 aliphatic carbocycles. The molecule has 0 N–H and O–H groups in total. The van der Waals surface area contributed by atoms with Crippen molar-refractivity contribution in [1.29, 1.82) is 0 Å². The third kappa shape index (κ3) is 4.19. The summed E-state index contributed by atoms with van der Waals surface area (Å²) in [6, 6.07) is 18.0. The predicted octanol–water partition coefficient (Wildman–Crippen LogP) is 6.23. The highest BCUT2D eigenvalue weighted by Gasteiger charge is 2.31. The summed E-state index contributed by atoms with van der Waals surface area (Å²) >= 11 is 0. The van der Waals surface area contributed by atoms with Crippen molar-refractivity contribution >= 4 is 21.8 Å². The molecule has 0 saturated heterocycles. The fourth-order valence-electron chi connectivity index (χ4n) is 3.83. The number of fused-ring (bicyclic) bond motifs is 2. The first-order chi connectivity index (χ1) is 14.5. The van der Waals surface area contributed by atoms with Gasteiger partial charge in [0.1, 0.15) is 5.82 Å². The van der Waals surface area contributed by atoms with Gasteiger partial charge in [0.15, 0.2) is 0 Å². The molecule has 3 aromatic carbocycles. The van der Waals surface area contributed by atoms with Gasteiger partial charge in [-0.2, -0.15) is 13.2 Å². The molecule has 0 bridgehead atoms. The maximum absolute atomic E-state index is 13.2. The molecule has 1 heterocycles. The van der Waals surface area contributed by atoms with Crippen LogP contribution in [0.5, 0.6) is 0 Å². The molecule has 4 rings (SSSR count). The van der Waals surface area contributed by atoms with Crippen molar-refractivity contribution in [3.63, 3.8) is 0 Å². The molecule has 0 unspecified atom stereocenters. The largest absolute Gasteiger partial charge is 0.416 e. The van der Waals surface area contributed by atoms with Crippen molar-refractivity contribution in [2.75, 3.05) is 13.2 Å². The molecule has 3 nitrogen and oxygen atoms in total. The number of ether oxygens (including phenoxy) is 1. The maximum atomic E-state index is 13.2. The SMILES string of the molecule is CCOCCCn1c(Cc2cccc3ccccc23)nc2cc(C(F)(F)F)ccc21. The quantitative estimate of drug-likeness (QED) is 0.337. The molecule has 1 aromatic heterocycles. The summed E-state index contributed by atoms with van der Waals surface area (Å²) in [6.07, 6.45) is -3.07. The number of nitrogens with zero attached hydrogens (tertiary/aromatic N) is 2. The second-order valence-electron chi connectivity index (χ2n) is 7.25. The van der Waals surface area contributed by atoms with E-state index in [1.54, 1.807) is 0 Å². The van der Waals surface area contributed by atoms with Gasteiger partial charge in [0.2, 0.25) is 0 Å². The average Bonchev–Trinajstić information content (AvgIpc) is 3.07. The molecule has 0 saturated carbocycles. The number of halogens is 3. The Labute approximate surface area is 173 Å². The molecule has 0 aliphatic heterocycles. The first-order valence-electron chi connectivity index (χ1n) is 10.1. The van der Waals surface area contributed by atoms with Crippen molar-refractivity contribution in [1.82, 2.24) is 9.55 Å². The third-order valence-corrected chi connectivity index (χ3v) is 5.26. The zero-order valence-corrected chi connectivity index (χ0v) is 16.7. The Hall–Kier alpha value is -2.86. The van der Waals surface area contributed by atoms with Crippen LogP contribution < -0.4 is 0 Å². The summed E-state index contributed by atoms with van der Waals surface area (Å²) in [5.41, 5.74) is 1.52. The van der Waals surface area contributed by atoms with Gasteiger partial charge < -0.3 is 9.30 Å². The van der Waals surface area contributed by atoms with Gasteiger partial charge in [-0.1, -0.05) is 42.5 Å². The lowest BCUT2D eigenvalue weighted by molar-refractivity contribution is -0.137. The first kappa shape index (κ1) is 20.4. The van der Waals surface area contributed by atoms with E-state index in [-0.39, 0.29) is 0 Å². The van der Waals surface area contributed by atoms with Crippen LogP contribution in [0.25, 0.3) is 21.8 Å². The minimum atomic E-state index is -4.39. The second-order valence-corrected chi connectivity index (χ2v) is 7.25. The minimum Gasteiger partial charge on any atom is -0.382 e. The van der Waals surface area contributed by atoms with Crippen molar-refractivity contribution in [3.8, 4) is 0 Å². The van der Waals surface area contributed by atoms with Crippen LogP contribution in [0.15, 0.2) is 60.7 Å². The monoisotopic (exact) mass is 412 g/mol. The molecule has 0 atom stereocenters. The van der Waals surface area contributed by atoms with E-state index in [0.29, 0.717) is 31.7 Å². The number of hydrogen-bond donors (Lipinski definition) is 0. The Morgan fingerprint density at radius 3 is 2.60 bits per heavy atom. The van der Waals surface area contributed by atoms with Gasteiger partial charge in [0, 0.05) is 26.2 Å². The fraction of sp³-hybridized carbons (Fsp3) is 0.292. The summed E-state index contributed by atoms with van der Waals surface area (Å²) < 4.78 is 47.0. The number of aryl methyl sites for hydroxylation is 1. The summed E-state index contributed by atoms with van der Waals surface area (Å²) in [5, 5.41) is 2.26. The van der Waals surface area contributed by atoms with Crippen molar-refractivity contribution < 1.29 is 17.9 Å². The molecule has 0 fully saturated rings. The molecule has 6 heteroatoms. The molecule has 4 aromatic rings. The van der Waals surface area contributed by atoms with Crippen LogP contribution in [0.3, 0.4) is 0 Å². The van der Waals surface area contributed by atoms with Crippen LogP contribution in [0, 0.1) is 0 Å². The van der Waals surface area contributed by atoms with E-state index in [4.69, 9.17) is 4.74 Å². The van der Waals surface area contributed by atoms with Gasteiger partial charge in [0.05, 0.1) is 16.6 Å². The molecule has 0 amide bonds. The summed E-state index contributed by atoms with van der Waals surface area (Å²) in [6.45, 7) is 3.83. The Kier molecular flexibility index (Phi) is 5.77. The van der Waals surface area contributed by atoms with E-state index in [1.807, 2.05) is 35.8 Å². The Balaban J connectivity index is 1.76. The number of hydrogen-bond acceptors (Lipinski definition) is 2. The van der Waals surface area contributed by atoms with E-state index in [9.17, 15) is 13.2 Å². The van der Waals surface area contributed by atoms with Gasteiger partial charge in [-0.15, -0.1) is 0 Å². The van der Waals surface area contributed by atoms with Crippen LogP contribution in [-0.4, -0.2) is 22.8 Å². The summed E-state index contributed by atoms with van der Waals surface area (Å²) in [7, 11) is 0. The van der Waals surface area contributed by atoms with E-state index < -0.39 is 11.7 Å². The van der Waals surface area contributed by atoms with Gasteiger partial charge in [-0.25, -0.2) is 4.98 Å². The van der Waals surface area contributed by atoms with Crippen LogP contribution in [0.1, 0.15) is 30.3 Å². The van der Waals surface area contributed by atoms with Crippen molar-refractivity contribution in [2.45, 2.75) is 32.5 Å². The van der Waals surface area contributed by atoms with Crippen LogP contribution in [0.4, 0.5) is 13.2 Å². The van der Waals surface area contributed by atoms with E-state index in [1.165, 1.54) is 6.07 Å². The molecule has 0 aliphatic rings. The van der Waals surface area contributed by atoms with Crippen molar-refractivity contribution in [3.05, 3.63) is 77.6 Å². The number of benzene rings is 3. The highest BCUT2D eigenvalue weighted by Crippen LogP contribution is 2.32. The highest BCUT2D eigenvalue weighted by molar-refractivity contribution is 5.86. The molecular weight excluding hydrogens is 389 g/mol. The molecule has 30 heavy (non-hydrogen) atoms. The van der Waals surface area contributed by atoms with E-state index in [0.717, 1.165) is 46.2 Å². The van der Waals surface area contributed by atoms with E-state index in [2.05, 4.69) is 23.2 Å². The zero-order valence-electron chi connectivity index (χ0n) is 16.7. The van der Waals surface area contributed by atoms with Crippen LogP contribution >= 0.6 is 0 Å². The Bertz CT molecular complexity index is 1160. The molecule has 0 spiro atoms.